The number of aliphatic hydroxyl groups is 1. The van der Waals surface area contributed by atoms with Crippen LogP contribution in [0.5, 0.6) is 0 Å². The average Bonchev–Trinajstić information content (AvgIpc) is 2.23. The zero-order chi connectivity index (χ0) is 12.0. The van der Waals surface area contributed by atoms with Crippen LogP contribution in [0.15, 0.2) is 22.7 Å². The number of nitrogens with one attached hydrogen (secondary N) is 1. The molecule has 2 nitrogen and oxygen atoms in total. The van der Waals surface area contributed by atoms with Crippen molar-refractivity contribution < 1.29 is 9.50 Å². The third-order valence-electron chi connectivity index (χ3n) is 2.28. The molecule has 1 atom stereocenters. The van der Waals surface area contributed by atoms with Crippen molar-refractivity contribution >= 4 is 15.9 Å². The van der Waals surface area contributed by atoms with Gasteiger partial charge in [0, 0.05) is 17.4 Å². The highest BCUT2D eigenvalue weighted by Crippen LogP contribution is 2.19. The average molecular weight is 290 g/mol. The first-order chi connectivity index (χ1) is 7.63. The quantitative estimate of drug-likeness (QED) is 0.789. The number of halogens is 2. The SMILES string of the molecule is CCCNCC(O)Cc1ccc(F)cc1Br. The smallest absolute Gasteiger partial charge is 0.124 e. The van der Waals surface area contributed by atoms with Crippen LogP contribution >= 0.6 is 15.9 Å². The Kier molecular flexibility index (Phi) is 5.95. The maximum Gasteiger partial charge on any atom is 0.124 e. The van der Waals surface area contributed by atoms with Gasteiger partial charge in [-0.25, -0.2) is 4.39 Å². The zero-order valence-electron chi connectivity index (χ0n) is 9.34. The first kappa shape index (κ1) is 13.6. The standard InChI is InChI=1S/C12H17BrFNO/c1-2-5-15-8-11(16)6-9-3-4-10(14)7-12(9)13/h3-4,7,11,15-16H,2,5-6,8H2,1H3. The Balaban J connectivity index is 2.46. The molecule has 0 radical (unpaired) electrons. The molecule has 90 valence electrons. The van der Waals surface area contributed by atoms with Crippen molar-refractivity contribution in [1.29, 1.82) is 0 Å². The van der Waals surface area contributed by atoms with Gasteiger partial charge in [-0.3, -0.25) is 0 Å². The van der Waals surface area contributed by atoms with E-state index in [2.05, 4.69) is 28.2 Å². The van der Waals surface area contributed by atoms with Crippen molar-refractivity contribution in [1.82, 2.24) is 5.32 Å². The number of hydrogen-bond donors (Lipinski definition) is 2. The van der Waals surface area contributed by atoms with E-state index < -0.39 is 6.10 Å². The predicted octanol–water partition coefficient (Wildman–Crippen LogP) is 2.49. The number of hydrogen-bond acceptors (Lipinski definition) is 2. The fourth-order valence-corrected chi connectivity index (χ4v) is 1.97. The molecule has 1 rings (SSSR count). The van der Waals surface area contributed by atoms with E-state index in [4.69, 9.17) is 0 Å². The molecule has 0 spiro atoms. The van der Waals surface area contributed by atoms with Crippen LogP contribution in [0, 0.1) is 5.82 Å². The highest BCUT2D eigenvalue weighted by atomic mass is 79.9. The molecule has 1 aromatic rings. The van der Waals surface area contributed by atoms with Gasteiger partial charge in [0.25, 0.3) is 0 Å². The molecule has 0 aliphatic heterocycles. The van der Waals surface area contributed by atoms with Crippen molar-refractivity contribution in [3.63, 3.8) is 0 Å². The summed E-state index contributed by atoms with van der Waals surface area (Å²) in [5.74, 6) is -0.269. The molecule has 1 aromatic carbocycles. The molecule has 0 bridgehead atoms. The minimum atomic E-state index is -0.437. The van der Waals surface area contributed by atoms with E-state index in [1.54, 1.807) is 6.07 Å². The second kappa shape index (κ2) is 6.99. The summed E-state index contributed by atoms with van der Waals surface area (Å²) in [4.78, 5) is 0. The van der Waals surface area contributed by atoms with E-state index in [1.807, 2.05) is 0 Å². The van der Waals surface area contributed by atoms with Crippen LogP contribution in [0.1, 0.15) is 18.9 Å². The lowest BCUT2D eigenvalue weighted by Crippen LogP contribution is -2.28. The lowest BCUT2D eigenvalue weighted by atomic mass is 10.1. The van der Waals surface area contributed by atoms with Gasteiger partial charge in [0.15, 0.2) is 0 Å². The molecule has 0 amide bonds. The Morgan fingerprint density at radius 2 is 2.25 bits per heavy atom. The van der Waals surface area contributed by atoms with Crippen LogP contribution in [0.4, 0.5) is 4.39 Å². The van der Waals surface area contributed by atoms with Crippen LogP contribution in [0.3, 0.4) is 0 Å². The summed E-state index contributed by atoms with van der Waals surface area (Å²) < 4.78 is 13.5. The predicted molar refractivity (Wildman–Crippen MR) is 67.0 cm³/mol. The largest absolute Gasteiger partial charge is 0.391 e. The zero-order valence-corrected chi connectivity index (χ0v) is 10.9. The Hall–Kier alpha value is -0.450. The Morgan fingerprint density at radius 3 is 2.88 bits per heavy atom. The van der Waals surface area contributed by atoms with Crippen LogP contribution in [0.2, 0.25) is 0 Å². The van der Waals surface area contributed by atoms with Crippen LogP contribution in [-0.4, -0.2) is 24.3 Å². The molecular formula is C12H17BrFNO. The number of rotatable bonds is 6. The van der Waals surface area contributed by atoms with E-state index in [0.717, 1.165) is 18.5 Å². The Labute approximate surface area is 104 Å². The van der Waals surface area contributed by atoms with E-state index in [9.17, 15) is 9.50 Å². The molecule has 0 aliphatic rings. The molecule has 0 saturated carbocycles. The van der Waals surface area contributed by atoms with Gasteiger partial charge in [-0.15, -0.1) is 0 Å². The fraction of sp³-hybridized carbons (Fsp3) is 0.500. The van der Waals surface area contributed by atoms with Crippen molar-refractivity contribution in [2.45, 2.75) is 25.9 Å². The maximum absolute atomic E-state index is 12.8. The van der Waals surface area contributed by atoms with Crippen molar-refractivity contribution in [3.8, 4) is 0 Å². The monoisotopic (exact) mass is 289 g/mol. The lowest BCUT2D eigenvalue weighted by molar-refractivity contribution is 0.172. The molecule has 0 heterocycles. The summed E-state index contributed by atoms with van der Waals surface area (Å²) in [5, 5.41) is 12.9. The summed E-state index contributed by atoms with van der Waals surface area (Å²) in [7, 11) is 0. The molecule has 0 fully saturated rings. The summed E-state index contributed by atoms with van der Waals surface area (Å²) in [6.45, 7) is 3.55. The molecule has 0 aromatic heterocycles. The molecule has 16 heavy (non-hydrogen) atoms. The summed E-state index contributed by atoms with van der Waals surface area (Å²) >= 11 is 3.29. The minimum Gasteiger partial charge on any atom is -0.391 e. The lowest BCUT2D eigenvalue weighted by Gasteiger charge is -2.12. The normalized spacial score (nSPS) is 12.8. The third-order valence-corrected chi connectivity index (χ3v) is 3.02. The summed E-state index contributed by atoms with van der Waals surface area (Å²) in [6.07, 6.45) is 1.14. The van der Waals surface area contributed by atoms with Gasteiger partial charge in [0.05, 0.1) is 6.10 Å². The van der Waals surface area contributed by atoms with Gasteiger partial charge in [0.2, 0.25) is 0 Å². The van der Waals surface area contributed by atoms with Gasteiger partial charge >= 0.3 is 0 Å². The highest BCUT2D eigenvalue weighted by Gasteiger charge is 2.08. The van der Waals surface area contributed by atoms with Gasteiger partial charge in [-0.2, -0.15) is 0 Å². The third kappa shape index (κ3) is 4.60. The van der Waals surface area contributed by atoms with Gasteiger partial charge < -0.3 is 10.4 Å². The van der Waals surface area contributed by atoms with Crippen LogP contribution in [-0.2, 0) is 6.42 Å². The van der Waals surface area contributed by atoms with E-state index in [0.29, 0.717) is 17.4 Å². The van der Waals surface area contributed by atoms with Crippen molar-refractivity contribution in [3.05, 3.63) is 34.1 Å². The molecule has 2 N–H and O–H groups in total. The molecule has 1 unspecified atom stereocenters. The van der Waals surface area contributed by atoms with Gasteiger partial charge in [-0.05, 0) is 30.7 Å². The van der Waals surface area contributed by atoms with E-state index >= 15 is 0 Å². The first-order valence-corrected chi connectivity index (χ1v) is 6.25. The highest BCUT2D eigenvalue weighted by molar-refractivity contribution is 9.10. The molecule has 0 aliphatic carbocycles. The van der Waals surface area contributed by atoms with Crippen LogP contribution < -0.4 is 5.32 Å². The maximum atomic E-state index is 12.8. The molecular weight excluding hydrogens is 273 g/mol. The Bertz CT molecular complexity index is 333. The van der Waals surface area contributed by atoms with Crippen LogP contribution in [0.25, 0.3) is 0 Å². The minimum absolute atomic E-state index is 0.269. The van der Waals surface area contributed by atoms with Crippen molar-refractivity contribution in [2.75, 3.05) is 13.1 Å². The van der Waals surface area contributed by atoms with Crippen molar-refractivity contribution in [2.24, 2.45) is 0 Å². The fourth-order valence-electron chi connectivity index (χ4n) is 1.46. The Morgan fingerprint density at radius 1 is 1.50 bits per heavy atom. The first-order valence-electron chi connectivity index (χ1n) is 5.46. The molecule has 4 heteroatoms. The van der Waals surface area contributed by atoms with Gasteiger partial charge in [-0.1, -0.05) is 28.9 Å². The summed E-state index contributed by atoms with van der Waals surface area (Å²) in [6, 6.07) is 4.52. The molecule has 0 saturated heterocycles. The second-order valence-electron chi connectivity index (χ2n) is 3.80. The topological polar surface area (TPSA) is 32.3 Å². The second-order valence-corrected chi connectivity index (χ2v) is 4.65. The van der Waals surface area contributed by atoms with E-state index in [-0.39, 0.29) is 5.82 Å². The summed E-state index contributed by atoms with van der Waals surface area (Å²) in [5.41, 5.74) is 0.923. The number of benzene rings is 1. The number of aliphatic hydroxyl groups excluding tert-OH is 1. The van der Waals surface area contributed by atoms with Gasteiger partial charge in [0.1, 0.15) is 5.82 Å². The van der Waals surface area contributed by atoms with E-state index in [1.165, 1.54) is 12.1 Å².